The summed E-state index contributed by atoms with van der Waals surface area (Å²) in [6.45, 7) is 1.42. The predicted molar refractivity (Wildman–Crippen MR) is 142 cm³/mol. The van der Waals surface area contributed by atoms with E-state index in [1.807, 2.05) is 43.3 Å². The van der Waals surface area contributed by atoms with Gasteiger partial charge in [0, 0.05) is 59.9 Å². The monoisotopic (exact) mass is 517 g/mol. The number of rotatable bonds is 6. The van der Waals surface area contributed by atoms with E-state index >= 15 is 0 Å². The lowest BCUT2D eigenvalue weighted by molar-refractivity contribution is 0.0782. The molecule has 5 rings (SSSR count). The Morgan fingerprint density at radius 3 is 2.59 bits per heavy atom. The molecule has 11 heteroatoms. The summed E-state index contributed by atoms with van der Waals surface area (Å²) in [5, 5.41) is 9.10. The molecule has 0 radical (unpaired) electrons. The average Bonchev–Trinajstić information content (AvgIpc) is 3.39. The molecule has 1 saturated heterocycles. The second kappa shape index (κ2) is 9.85. The quantitative estimate of drug-likeness (QED) is 0.399. The number of amides is 1. The van der Waals surface area contributed by atoms with Crippen molar-refractivity contribution in [3.05, 3.63) is 72.7 Å². The van der Waals surface area contributed by atoms with Gasteiger partial charge >= 0.3 is 0 Å². The van der Waals surface area contributed by atoms with Crippen LogP contribution in [0.25, 0.3) is 22.0 Å². The zero-order chi connectivity index (χ0) is 26.2. The molecule has 37 heavy (non-hydrogen) atoms. The van der Waals surface area contributed by atoms with Crippen LogP contribution < -0.4 is 10.5 Å². The smallest absolute Gasteiger partial charge is 0.255 e. The summed E-state index contributed by atoms with van der Waals surface area (Å²) in [6, 6.07) is 14.0. The lowest BCUT2D eigenvalue weighted by atomic mass is 10.0. The number of benzene rings is 2. The molecule has 1 fully saturated rings. The fraction of sp³-hybridized carbons (Fsp3) is 0.231. The number of nitrogens with zero attached hydrogens (tertiary/aromatic N) is 5. The molecule has 10 nitrogen and oxygen atoms in total. The summed E-state index contributed by atoms with van der Waals surface area (Å²) in [5.74, 6) is 0.314. The predicted octanol–water partition coefficient (Wildman–Crippen LogP) is 2.86. The van der Waals surface area contributed by atoms with Crippen molar-refractivity contribution in [2.75, 3.05) is 32.5 Å². The number of para-hydroxylation sites is 1. The van der Waals surface area contributed by atoms with E-state index in [9.17, 15) is 13.2 Å². The van der Waals surface area contributed by atoms with Crippen LogP contribution in [0.5, 0.6) is 0 Å². The summed E-state index contributed by atoms with van der Waals surface area (Å²) in [7, 11) is 0.294. The molecular weight excluding hydrogens is 490 g/mol. The van der Waals surface area contributed by atoms with Gasteiger partial charge in [0.1, 0.15) is 0 Å². The maximum absolute atomic E-state index is 13.2. The second-order valence-electron chi connectivity index (χ2n) is 9.25. The number of anilines is 2. The number of aromatic nitrogens is 3. The van der Waals surface area contributed by atoms with Crippen molar-refractivity contribution in [2.24, 2.45) is 5.14 Å². The number of nitrogens with one attached hydrogen (secondary N) is 1. The average molecular weight is 518 g/mol. The number of likely N-dealkylation sites (N-methyl/N-ethyl adjacent to an activating group) is 1. The zero-order valence-corrected chi connectivity index (χ0v) is 21.3. The number of primary sulfonamides is 1. The van der Waals surface area contributed by atoms with Crippen molar-refractivity contribution in [3.8, 4) is 11.1 Å². The highest BCUT2D eigenvalue weighted by molar-refractivity contribution is 7.89. The fourth-order valence-corrected chi connectivity index (χ4v) is 4.96. The number of hydrogen-bond donors (Lipinski definition) is 2. The third kappa shape index (κ3) is 5.29. The van der Waals surface area contributed by atoms with Crippen LogP contribution in [0.1, 0.15) is 16.8 Å². The number of carbonyl (C=O) groups is 1. The van der Waals surface area contributed by atoms with Gasteiger partial charge in [0.25, 0.3) is 5.91 Å². The highest BCUT2D eigenvalue weighted by Crippen LogP contribution is 2.29. The summed E-state index contributed by atoms with van der Waals surface area (Å²) in [4.78, 5) is 30.7. The first kappa shape index (κ1) is 24.8. The molecule has 2 aromatic heterocycles. The Kier molecular flexibility index (Phi) is 6.59. The van der Waals surface area contributed by atoms with Crippen LogP contribution in [0.4, 0.5) is 11.6 Å². The lowest BCUT2D eigenvalue weighted by Gasteiger charge is -2.20. The highest BCUT2D eigenvalue weighted by atomic mass is 32.2. The van der Waals surface area contributed by atoms with E-state index in [0.29, 0.717) is 35.3 Å². The van der Waals surface area contributed by atoms with Crippen LogP contribution in [0, 0.1) is 0 Å². The van der Waals surface area contributed by atoms with Gasteiger partial charge in [0.2, 0.25) is 16.0 Å². The van der Waals surface area contributed by atoms with Crippen molar-refractivity contribution in [3.63, 3.8) is 0 Å². The first-order chi connectivity index (χ1) is 17.7. The normalized spacial score (nSPS) is 15.9. The first-order valence-corrected chi connectivity index (χ1v) is 13.3. The Morgan fingerprint density at radius 2 is 1.89 bits per heavy atom. The van der Waals surface area contributed by atoms with Crippen molar-refractivity contribution < 1.29 is 13.2 Å². The Bertz CT molecular complexity index is 1570. The van der Waals surface area contributed by atoms with Crippen LogP contribution in [0.2, 0.25) is 0 Å². The molecule has 0 unspecified atom stereocenters. The third-order valence-corrected chi connectivity index (χ3v) is 7.46. The Labute approximate surface area is 215 Å². The number of carbonyl (C=O) groups excluding carboxylic acids is 1. The second-order valence-corrected chi connectivity index (χ2v) is 10.8. The van der Waals surface area contributed by atoms with Gasteiger partial charge < -0.3 is 15.1 Å². The van der Waals surface area contributed by atoms with Crippen molar-refractivity contribution >= 4 is 38.5 Å². The molecule has 0 bridgehead atoms. The Hall–Kier alpha value is -3.93. The van der Waals surface area contributed by atoms with Gasteiger partial charge in [-0.3, -0.25) is 9.78 Å². The van der Waals surface area contributed by atoms with E-state index in [-0.39, 0.29) is 10.8 Å². The van der Waals surface area contributed by atoms with Crippen LogP contribution >= 0.6 is 0 Å². The largest absolute Gasteiger partial charge is 0.337 e. The van der Waals surface area contributed by atoms with Crippen LogP contribution in [-0.2, 0) is 10.0 Å². The third-order valence-electron chi connectivity index (χ3n) is 6.53. The minimum absolute atomic E-state index is 0.0212. The van der Waals surface area contributed by atoms with Crippen LogP contribution in [-0.4, -0.2) is 72.3 Å². The SMILES string of the molecule is CN(C)[C@H]1CCN(C(=O)c2cncc(-c3cccc4cnc(Nc5ccc(S(N)(=O)=O)cc5)nc34)c2)C1. The molecule has 1 aliphatic rings. The van der Waals surface area contributed by atoms with E-state index in [0.717, 1.165) is 29.5 Å². The standard InChI is InChI=1S/C26H27N7O3S/c1-32(2)21-10-11-33(16-21)25(34)19-12-18(13-28-14-19)23-5-3-4-17-15-29-26(31-24(17)23)30-20-6-8-22(9-7-20)37(27,35)36/h3-9,12-15,21H,10-11,16H2,1-2H3,(H2,27,35,36)(H,29,30,31)/t21-/m0/s1. The summed E-state index contributed by atoms with van der Waals surface area (Å²) < 4.78 is 23.0. The molecule has 0 aliphatic carbocycles. The Balaban J connectivity index is 1.43. The van der Waals surface area contributed by atoms with Gasteiger partial charge in [-0.1, -0.05) is 18.2 Å². The van der Waals surface area contributed by atoms with Gasteiger partial charge in [0.05, 0.1) is 16.0 Å². The van der Waals surface area contributed by atoms with Crippen molar-refractivity contribution in [1.29, 1.82) is 0 Å². The molecule has 190 valence electrons. The summed E-state index contributed by atoms with van der Waals surface area (Å²) >= 11 is 0. The van der Waals surface area contributed by atoms with Crippen LogP contribution in [0.15, 0.2) is 72.0 Å². The fourth-order valence-electron chi connectivity index (χ4n) is 4.44. The molecule has 1 atom stereocenters. The molecule has 0 saturated carbocycles. The minimum atomic E-state index is -3.77. The van der Waals surface area contributed by atoms with E-state index < -0.39 is 10.0 Å². The first-order valence-electron chi connectivity index (χ1n) is 11.8. The molecule has 3 N–H and O–H groups in total. The van der Waals surface area contributed by atoms with Crippen LogP contribution in [0.3, 0.4) is 0 Å². The van der Waals surface area contributed by atoms with E-state index in [2.05, 4.69) is 20.2 Å². The lowest BCUT2D eigenvalue weighted by Crippen LogP contribution is -2.34. The molecule has 0 spiro atoms. The number of nitrogens with two attached hydrogens (primary N) is 1. The van der Waals surface area contributed by atoms with Gasteiger partial charge in [-0.15, -0.1) is 0 Å². The van der Waals surface area contributed by atoms with E-state index in [1.54, 1.807) is 30.7 Å². The zero-order valence-electron chi connectivity index (χ0n) is 20.5. The number of hydrogen-bond acceptors (Lipinski definition) is 8. The van der Waals surface area contributed by atoms with E-state index in [4.69, 9.17) is 10.1 Å². The van der Waals surface area contributed by atoms with Gasteiger partial charge in [-0.2, -0.15) is 0 Å². The summed E-state index contributed by atoms with van der Waals surface area (Å²) in [6.07, 6.45) is 5.99. The molecule has 1 aliphatic heterocycles. The Morgan fingerprint density at radius 1 is 1.11 bits per heavy atom. The molecule has 2 aromatic carbocycles. The molecular formula is C26H27N7O3S. The number of sulfonamides is 1. The molecule has 1 amide bonds. The van der Waals surface area contributed by atoms with Gasteiger partial charge in [-0.05, 0) is 50.8 Å². The topological polar surface area (TPSA) is 134 Å². The maximum Gasteiger partial charge on any atom is 0.255 e. The number of pyridine rings is 1. The van der Waals surface area contributed by atoms with Crippen molar-refractivity contribution in [1.82, 2.24) is 24.8 Å². The number of likely N-dealkylation sites (tertiary alicyclic amines) is 1. The van der Waals surface area contributed by atoms with E-state index in [1.165, 1.54) is 12.1 Å². The highest BCUT2D eigenvalue weighted by Gasteiger charge is 2.28. The van der Waals surface area contributed by atoms with Crippen molar-refractivity contribution in [2.45, 2.75) is 17.4 Å². The number of fused-ring (bicyclic) bond motifs is 1. The maximum atomic E-state index is 13.2. The minimum Gasteiger partial charge on any atom is -0.337 e. The van der Waals surface area contributed by atoms with Gasteiger partial charge in [0.15, 0.2) is 0 Å². The summed E-state index contributed by atoms with van der Waals surface area (Å²) in [5.41, 5.74) is 3.45. The van der Waals surface area contributed by atoms with Gasteiger partial charge in [-0.25, -0.2) is 23.5 Å². The molecule has 3 heterocycles. The molecule has 4 aromatic rings.